The Morgan fingerprint density at radius 3 is 3.00 bits per heavy atom. The van der Waals surface area contributed by atoms with Gasteiger partial charge in [0.15, 0.2) is 0 Å². The maximum atomic E-state index is 4.45. The lowest BCUT2D eigenvalue weighted by molar-refractivity contribution is 0.317. The van der Waals surface area contributed by atoms with Crippen molar-refractivity contribution in [2.45, 2.75) is 52.0 Å². The summed E-state index contributed by atoms with van der Waals surface area (Å²) in [5, 5.41) is 3.74. The smallest absolute Gasteiger partial charge is 0.104 e. The fourth-order valence-corrected chi connectivity index (χ4v) is 3.33. The van der Waals surface area contributed by atoms with E-state index in [1.807, 2.05) is 6.92 Å². The summed E-state index contributed by atoms with van der Waals surface area (Å²) in [5.41, 5.74) is 3.41. The Kier molecular flexibility index (Phi) is 3.45. The van der Waals surface area contributed by atoms with Crippen molar-refractivity contribution in [1.29, 1.82) is 0 Å². The van der Waals surface area contributed by atoms with Crippen LogP contribution in [0.15, 0.2) is 18.2 Å². The van der Waals surface area contributed by atoms with Crippen LogP contribution in [0.2, 0.25) is 0 Å². The van der Waals surface area contributed by atoms with Gasteiger partial charge in [0.1, 0.15) is 5.82 Å². The van der Waals surface area contributed by atoms with E-state index in [9.17, 15) is 0 Å². The largest absolute Gasteiger partial charge is 0.382 e. The summed E-state index contributed by atoms with van der Waals surface area (Å²) < 4.78 is 0. The van der Waals surface area contributed by atoms with Gasteiger partial charge in [-0.05, 0) is 43.9 Å². The number of H-pyrrole nitrogens is 1. The lowest BCUT2D eigenvalue weighted by Crippen LogP contribution is -2.31. The van der Waals surface area contributed by atoms with Gasteiger partial charge in [-0.15, -0.1) is 0 Å². The molecule has 1 aromatic carbocycles. The normalized spacial score (nSPS) is 23.7. The quantitative estimate of drug-likeness (QED) is 0.863. The number of imidazole rings is 1. The molecule has 19 heavy (non-hydrogen) atoms. The number of aryl methyl sites for hydroxylation is 1. The minimum Gasteiger partial charge on any atom is -0.382 e. The van der Waals surface area contributed by atoms with E-state index in [0.717, 1.165) is 22.8 Å². The summed E-state index contributed by atoms with van der Waals surface area (Å²) in [4.78, 5) is 7.76. The number of aromatic amines is 1. The highest BCUT2D eigenvalue weighted by atomic mass is 14.9. The zero-order valence-electron chi connectivity index (χ0n) is 11.9. The standard InChI is InChI=1S/C16H23N3/c1-3-12-6-4-5-7-14(12)19-13-8-9-15-16(10-13)18-11(2)17-15/h8-10,12,14,19H,3-7H2,1-2H3,(H,17,18). The Morgan fingerprint density at radius 1 is 1.32 bits per heavy atom. The number of benzene rings is 1. The van der Waals surface area contributed by atoms with Gasteiger partial charge in [0.25, 0.3) is 0 Å². The summed E-state index contributed by atoms with van der Waals surface area (Å²) in [5.74, 6) is 1.81. The molecule has 0 aliphatic heterocycles. The van der Waals surface area contributed by atoms with Gasteiger partial charge in [-0.1, -0.05) is 26.2 Å². The number of hydrogen-bond acceptors (Lipinski definition) is 2. The van der Waals surface area contributed by atoms with E-state index in [1.165, 1.54) is 37.8 Å². The summed E-state index contributed by atoms with van der Waals surface area (Å²) in [6.07, 6.45) is 6.72. The molecular formula is C16H23N3. The predicted molar refractivity (Wildman–Crippen MR) is 80.5 cm³/mol. The van der Waals surface area contributed by atoms with E-state index in [1.54, 1.807) is 0 Å². The molecule has 2 unspecified atom stereocenters. The molecule has 0 radical (unpaired) electrons. The minimum absolute atomic E-state index is 0.639. The summed E-state index contributed by atoms with van der Waals surface area (Å²) in [6, 6.07) is 7.09. The molecule has 3 rings (SSSR count). The van der Waals surface area contributed by atoms with E-state index in [0.29, 0.717) is 6.04 Å². The van der Waals surface area contributed by atoms with E-state index < -0.39 is 0 Å². The number of nitrogens with one attached hydrogen (secondary N) is 2. The zero-order valence-corrected chi connectivity index (χ0v) is 11.9. The van der Waals surface area contributed by atoms with E-state index in [2.05, 4.69) is 40.4 Å². The molecule has 0 saturated heterocycles. The van der Waals surface area contributed by atoms with Crippen LogP contribution in [0.1, 0.15) is 44.9 Å². The van der Waals surface area contributed by atoms with Gasteiger partial charge in [-0.3, -0.25) is 0 Å². The van der Waals surface area contributed by atoms with Crippen LogP contribution in [0.5, 0.6) is 0 Å². The van der Waals surface area contributed by atoms with Crippen molar-refractivity contribution in [3.63, 3.8) is 0 Å². The monoisotopic (exact) mass is 257 g/mol. The van der Waals surface area contributed by atoms with Crippen LogP contribution >= 0.6 is 0 Å². The van der Waals surface area contributed by atoms with Crippen LogP contribution in [-0.4, -0.2) is 16.0 Å². The van der Waals surface area contributed by atoms with E-state index >= 15 is 0 Å². The van der Waals surface area contributed by atoms with Crippen LogP contribution in [0.25, 0.3) is 11.0 Å². The van der Waals surface area contributed by atoms with E-state index in [4.69, 9.17) is 0 Å². The summed E-state index contributed by atoms with van der Waals surface area (Å²) >= 11 is 0. The molecule has 2 aromatic rings. The number of aromatic nitrogens is 2. The van der Waals surface area contributed by atoms with Crippen molar-refractivity contribution in [2.75, 3.05) is 5.32 Å². The first kappa shape index (κ1) is 12.5. The van der Waals surface area contributed by atoms with Crippen LogP contribution < -0.4 is 5.32 Å². The van der Waals surface area contributed by atoms with Crippen LogP contribution in [0.4, 0.5) is 5.69 Å². The fourth-order valence-electron chi connectivity index (χ4n) is 3.33. The Labute approximate surface area is 114 Å². The van der Waals surface area contributed by atoms with Gasteiger partial charge in [-0.2, -0.15) is 0 Å². The molecule has 1 fully saturated rings. The highest BCUT2D eigenvalue weighted by Crippen LogP contribution is 2.30. The van der Waals surface area contributed by atoms with Crippen molar-refractivity contribution in [1.82, 2.24) is 9.97 Å². The molecule has 0 spiro atoms. The van der Waals surface area contributed by atoms with Crippen LogP contribution in [-0.2, 0) is 0 Å². The third kappa shape index (κ3) is 2.60. The second-order valence-corrected chi connectivity index (χ2v) is 5.76. The third-order valence-electron chi connectivity index (χ3n) is 4.39. The Bertz CT molecular complexity index is 558. The Morgan fingerprint density at radius 2 is 2.16 bits per heavy atom. The summed E-state index contributed by atoms with van der Waals surface area (Å²) in [7, 11) is 0. The Balaban J connectivity index is 1.79. The molecule has 1 heterocycles. The van der Waals surface area contributed by atoms with Gasteiger partial charge in [0, 0.05) is 11.7 Å². The maximum Gasteiger partial charge on any atom is 0.104 e. The molecular weight excluding hydrogens is 234 g/mol. The summed E-state index contributed by atoms with van der Waals surface area (Å²) in [6.45, 7) is 4.31. The second-order valence-electron chi connectivity index (χ2n) is 5.76. The molecule has 102 valence electrons. The first-order valence-corrected chi connectivity index (χ1v) is 7.49. The molecule has 3 nitrogen and oxygen atoms in total. The highest BCUT2D eigenvalue weighted by molar-refractivity contribution is 5.79. The highest BCUT2D eigenvalue weighted by Gasteiger charge is 2.23. The van der Waals surface area contributed by atoms with Crippen LogP contribution in [0.3, 0.4) is 0 Å². The lowest BCUT2D eigenvalue weighted by atomic mass is 9.83. The molecule has 1 aliphatic rings. The van der Waals surface area contributed by atoms with Crippen LogP contribution in [0, 0.1) is 12.8 Å². The van der Waals surface area contributed by atoms with E-state index in [-0.39, 0.29) is 0 Å². The van der Waals surface area contributed by atoms with Gasteiger partial charge >= 0.3 is 0 Å². The fraction of sp³-hybridized carbons (Fsp3) is 0.562. The topological polar surface area (TPSA) is 40.7 Å². The molecule has 1 saturated carbocycles. The van der Waals surface area contributed by atoms with Gasteiger partial charge in [-0.25, -0.2) is 4.98 Å². The first-order valence-electron chi connectivity index (χ1n) is 7.49. The SMILES string of the molecule is CCC1CCCCC1Nc1ccc2nc(C)[nH]c2c1. The number of anilines is 1. The molecule has 2 atom stereocenters. The first-order chi connectivity index (χ1) is 9.26. The molecule has 1 aromatic heterocycles. The predicted octanol–water partition coefficient (Wildman–Crippen LogP) is 4.25. The second kappa shape index (κ2) is 5.24. The number of hydrogen-bond donors (Lipinski definition) is 2. The van der Waals surface area contributed by atoms with Gasteiger partial charge in [0.05, 0.1) is 11.0 Å². The van der Waals surface area contributed by atoms with Crippen molar-refractivity contribution in [2.24, 2.45) is 5.92 Å². The molecule has 3 heteroatoms. The molecule has 2 N–H and O–H groups in total. The zero-order chi connectivity index (χ0) is 13.2. The van der Waals surface area contributed by atoms with Crippen molar-refractivity contribution in [3.8, 4) is 0 Å². The molecule has 0 bridgehead atoms. The number of nitrogens with zero attached hydrogens (tertiary/aromatic N) is 1. The van der Waals surface area contributed by atoms with Crippen molar-refractivity contribution in [3.05, 3.63) is 24.0 Å². The number of rotatable bonds is 3. The van der Waals surface area contributed by atoms with Crippen molar-refractivity contribution < 1.29 is 0 Å². The minimum atomic E-state index is 0.639. The van der Waals surface area contributed by atoms with Gasteiger partial charge < -0.3 is 10.3 Å². The average molecular weight is 257 g/mol. The number of fused-ring (bicyclic) bond motifs is 1. The van der Waals surface area contributed by atoms with Crippen molar-refractivity contribution >= 4 is 16.7 Å². The lowest BCUT2D eigenvalue weighted by Gasteiger charge is -2.32. The molecule has 0 amide bonds. The Hall–Kier alpha value is -1.51. The van der Waals surface area contributed by atoms with Gasteiger partial charge in [0.2, 0.25) is 0 Å². The third-order valence-corrected chi connectivity index (χ3v) is 4.39. The molecule has 1 aliphatic carbocycles. The average Bonchev–Trinajstić information content (AvgIpc) is 2.79. The maximum absolute atomic E-state index is 4.45.